The second-order valence-electron chi connectivity index (χ2n) is 3.71. The third-order valence-corrected chi connectivity index (χ3v) is 2.28. The Morgan fingerprint density at radius 3 is 2.20 bits per heavy atom. The maximum absolute atomic E-state index is 12.8. The van der Waals surface area contributed by atoms with Crippen LogP contribution >= 0.6 is 0 Å². The molecule has 0 unspecified atom stereocenters. The van der Waals surface area contributed by atoms with E-state index in [4.69, 9.17) is 4.74 Å². The Labute approximate surface area is 108 Å². The highest BCUT2D eigenvalue weighted by Gasteiger charge is 2.39. The van der Waals surface area contributed by atoms with Crippen LogP contribution < -0.4 is 4.74 Å². The van der Waals surface area contributed by atoms with Crippen molar-refractivity contribution >= 4 is 0 Å². The maximum atomic E-state index is 12.8. The fraction of sp³-hybridized carbons (Fsp3) is 0.167. The molecule has 0 aliphatic rings. The average molecular weight is 295 g/mol. The van der Waals surface area contributed by atoms with Crippen molar-refractivity contribution in [3.8, 4) is 11.5 Å². The molecular formula is C12H5F6O2. The summed E-state index contributed by atoms with van der Waals surface area (Å²) in [5.41, 5.74) is -2.93. The summed E-state index contributed by atoms with van der Waals surface area (Å²) < 4.78 is 84.9. The summed E-state index contributed by atoms with van der Waals surface area (Å²) in [6.07, 6.45) is -6.70. The van der Waals surface area contributed by atoms with Gasteiger partial charge in [-0.15, -0.1) is 0 Å². The Kier molecular flexibility index (Phi) is 3.41. The fourth-order valence-corrected chi connectivity index (χ4v) is 1.42. The Hall–Kier alpha value is -2.12. The molecule has 2 aromatic rings. The van der Waals surface area contributed by atoms with Crippen LogP contribution in [0.3, 0.4) is 0 Å². The summed E-state index contributed by atoms with van der Waals surface area (Å²) in [7, 11) is 0. The van der Waals surface area contributed by atoms with Crippen molar-refractivity contribution in [1.29, 1.82) is 0 Å². The molecule has 0 N–H and O–H groups in total. The number of furan rings is 1. The van der Waals surface area contributed by atoms with Crippen LogP contribution in [0, 0.1) is 6.26 Å². The highest BCUT2D eigenvalue weighted by molar-refractivity contribution is 5.42. The molecule has 1 heterocycles. The molecule has 0 atom stereocenters. The molecule has 1 aromatic heterocycles. The minimum absolute atomic E-state index is 0.000863. The maximum Gasteiger partial charge on any atom is 0.420 e. The van der Waals surface area contributed by atoms with E-state index in [2.05, 4.69) is 10.7 Å². The van der Waals surface area contributed by atoms with E-state index in [9.17, 15) is 26.3 Å². The van der Waals surface area contributed by atoms with Crippen LogP contribution in [0.2, 0.25) is 0 Å². The minimum Gasteiger partial charge on any atom is -0.457 e. The molecule has 0 aliphatic heterocycles. The van der Waals surface area contributed by atoms with Crippen LogP contribution in [0.1, 0.15) is 11.1 Å². The Morgan fingerprint density at radius 1 is 1.00 bits per heavy atom. The summed E-state index contributed by atoms with van der Waals surface area (Å²) in [5, 5.41) is 0. The molecule has 0 fully saturated rings. The molecule has 107 valence electrons. The highest BCUT2D eigenvalue weighted by Crippen LogP contribution is 2.41. The fourth-order valence-electron chi connectivity index (χ4n) is 1.42. The van der Waals surface area contributed by atoms with Crippen LogP contribution in [0.5, 0.6) is 11.5 Å². The largest absolute Gasteiger partial charge is 0.457 e. The first kappa shape index (κ1) is 14.3. The van der Waals surface area contributed by atoms with Gasteiger partial charge in [-0.1, -0.05) is 0 Å². The molecule has 0 spiro atoms. The van der Waals surface area contributed by atoms with Crippen molar-refractivity contribution in [3.63, 3.8) is 0 Å². The van der Waals surface area contributed by atoms with Crippen LogP contribution in [0.4, 0.5) is 26.3 Å². The number of hydrogen-bond acceptors (Lipinski definition) is 2. The molecule has 0 amide bonds. The molecule has 1 radical (unpaired) electrons. The molecular weight excluding hydrogens is 290 g/mol. The third-order valence-electron chi connectivity index (χ3n) is 2.28. The zero-order valence-corrected chi connectivity index (χ0v) is 9.47. The molecule has 2 nitrogen and oxygen atoms in total. The van der Waals surface area contributed by atoms with Gasteiger partial charge in [0.05, 0.1) is 11.1 Å². The van der Waals surface area contributed by atoms with Gasteiger partial charge in [0, 0.05) is 6.07 Å². The Bertz CT molecular complexity index is 583. The summed E-state index contributed by atoms with van der Waals surface area (Å²) in [6, 6.07) is 2.23. The first-order chi connectivity index (χ1) is 9.18. The second kappa shape index (κ2) is 4.77. The van der Waals surface area contributed by atoms with E-state index in [0.29, 0.717) is 12.1 Å². The lowest BCUT2D eigenvalue weighted by Gasteiger charge is -2.15. The topological polar surface area (TPSA) is 22.4 Å². The standard InChI is InChI=1S/C12H5F6O2/c13-11(14,15)7-1-2-10(9(5-7)12(16,17)18)20-8-3-4-19-6-8/h1-3,5-6H. The van der Waals surface area contributed by atoms with Gasteiger partial charge in [0.15, 0.2) is 12.0 Å². The zero-order valence-electron chi connectivity index (χ0n) is 9.47. The monoisotopic (exact) mass is 295 g/mol. The van der Waals surface area contributed by atoms with Gasteiger partial charge in [0.2, 0.25) is 0 Å². The van der Waals surface area contributed by atoms with Gasteiger partial charge in [-0.2, -0.15) is 26.3 Å². The molecule has 0 saturated heterocycles. The van der Waals surface area contributed by atoms with Crippen molar-refractivity contribution in [2.45, 2.75) is 12.4 Å². The van der Waals surface area contributed by atoms with Gasteiger partial charge in [0.1, 0.15) is 12.0 Å². The van der Waals surface area contributed by atoms with E-state index in [0.717, 1.165) is 12.3 Å². The van der Waals surface area contributed by atoms with Crippen molar-refractivity contribution in [2.24, 2.45) is 0 Å². The smallest absolute Gasteiger partial charge is 0.420 e. The van der Waals surface area contributed by atoms with Crippen molar-refractivity contribution in [3.05, 3.63) is 47.9 Å². The van der Waals surface area contributed by atoms with E-state index in [1.807, 2.05) is 0 Å². The zero-order chi connectivity index (χ0) is 15.0. The molecule has 1 aromatic carbocycles. The number of benzene rings is 1. The first-order valence-electron chi connectivity index (χ1n) is 5.09. The van der Waals surface area contributed by atoms with Crippen LogP contribution in [0.15, 0.2) is 34.9 Å². The lowest BCUT2D eigenvalue weighted by Crippen LogP contribution is -2.11. The van der Waals surface area contributed by atoms with Gasteiger partial charge in [0.25, 0.3) is 0 Å². The average Bonchev–Trinajstić information content (AvgIpc) is 2.79. The summed E-state index contributed by atoms with van der Waals surface area (Å²) >= 11 is 0. The normalized spacial score (nSPS) is 12.5. The SMILES string of the molecule is FC(F)(F)c1ccc(Oc2c[c]oc2)c(C(F)(F)F)c1. The van der Waals surface area contributed by atoms with E-state index in [1.54, 1.807) is 0 Å². The number of alkyl halides is 6. The first-order valence-corrected chi connectivity index (χ1v) is 5.09. The predicted octanol–water partition coefficient (Wildman–Crippen LogP) is 4.91. The van der Waals surface area contributed by atoms with Gasteiger partial charge >= 0.3 is 12.4 Å². The van der Waals surface area contributed by atoms with Crippen LogP contribution in [-0.4, -0.2) is 0 Å². The third kappa shape index (κ3) is 3.06. The van der Waals surface area contributed by atoms with E-state index < -0.39 is 29.2 Å². The Morgan fingerprint density at radius 2 is 1.70 bits per heavy atom. The lowest BCUT2D eigenvalue weighted by molar-refractivity contribution is -0.143. The van der Waals surface area contributed by atoms with Crippen molar-refractivity contribution in [2.75, 3.05) is 0 Å². The predicted molar refractivity (Wildman–Crippen MR) is 54.1 cm³/mol. The summed E-state index contributed by atoms with van der Waals surface area (Å²) in [5.74, 6) is -0.851. The summed E-state index contributed by atoms with van der Waals surface area (Å²) in [6.45, 7) is 0. The molecule has 0 aliphatic carbocycles. The van der Waals surface area contributed by atoms with Gasteiger partial charge in [-0.25, -0.2) is 0 Å². The quantitative estimate of drug-likeness (QED) is 0.734. The Balaban J connectivity index is 2.46. The molecule has 2 rings (SSSR count). The molecule has 0 bridgehead atoms. The van der Waals surface area contributed by atoms with Gasteiger partial charge in [-0.3, -0.25) is 0 Å². The lowest BCUT2D eigenvalue weighted by atomic mass is 10.1. The van der Waals surface area contributed by atoms with E-state index >= 15 is 0 Å². The van der Waals surface area contributed by atoms with Gasteiger partial charge in [-0.05, 0) is 18.2 Å². The highest BCUT2D eigenvalue weighted by atomic mass is 19.4. The van der Waals surface area contributed by atoms with E-state index in [-0.39, 0.29) is 11.8 Å². The molecule has 0 saturated carbocycles. The molecule has 8 heteroatoms. The number of hydrogen-bond donors (Lipinski definition) is 0. The summed E-state index contributed by atoms with van der Waals surface area (Å²) in [4.78, 5) is 0. The van der Waals surface area contributed by atoms with Crippen LogP contribution in [-0.2, 0) is 12.4 Å². The number of halogens is 6. The number of rotatable bonds is 2. The van der Waals surface area contributed by atoms with E-state index in [1.165, 1.54) is 0 Å². The molecule has 20 heavy (non-hydrogen) atoms. The van der Waals surface area contributed by atoms with Crippen molar-refractivity contribution < 1.29 is 35.5 Å². The number of ether oxygens (including phenoxy) is 1. The van der Waals surface area contributed by atoms with Crippen molar-refractivity contribution in [1.82, 2.24) is 0 Å². The minimum atomic E-state index is -4.98. The van der Waals surface area contributed by atoms with Gasteiger partial charge < -0.3 is 9.15 Å². The second-order valence-corrected chi connectivity index (χ2v) is 3.71. The van der Waals surface area contributed by atoms with Crippen LogP contribution in [0.25, 0.3) is 0 Å².